The van der Waals surface area contributed by atoms with E-state index in [2.05, 4.69) is 25.3 Å². The predicted molar refractivity (Wildman–Crippen MR) is 115 cm³/mol. The van der Waals surface area contributed by atoms with Crippen LogP contribution in [0.2, 0.25) is 0 Å². The minimum absolute atomic E-state index is 0.0480. The minimum Gasteiger partial charge on any atom is -0.371 e. The van der Waals surface area contributed by atoms with Crippen LogP contribution in [0.3, 0.4) is 0 Å². The van der Waals surface area contributed by atoms with Crippen molar-refractivity contribution in [2.45, 2.75) is 31.7 Å². The summed E-state index contributed by atoms with van der Waals surface area (Å²) < 4.78 is 0. The molecular weight excluding hydrogens is 380 g/mol. The molecule has 2 saturated heterocycles. The van der Waals surface area contributed by atoms with Gasteiger partial charge in [0.15, 0.2) is 5.82 Å². The summed E-state index contributed by atoms with van der Waals surface area (Å²) >= 11 is 0. The third-order valence-corrected chi connectivity index (χ3v) is 6.03. The summed E-state index contributed by atoms with van der Waals surface area (Å²) in [4.78, 5) is 28.5. The molecule has 158 valence electrons. The Morgan fingerprint density at radius 1 is 1.00 bits per heavy atom. The zero-order valence-electron chi connectivity index (χ0n) is 17.0. The molecule has 0 aliphatic carbocycles. The van der Waals surface area contributed by atoms with Crippen molar-refractivity contribution >= 4 is 23.3 Å². The quantitative estimate of drug-likeness (QED) is 0.778. The highest BCUT2D eigenvalue weighted by atomic mass is 16.2. The summed E-state index contributed by atoms with van der Waals surface area (Å²) in [6.07, 6.45) is 5.22. The first-order chi connectivity index (χ1) is 14.6. The van der Waals surface area contributed by atoms with Crippen molar-refractivity contribution in [3.05, 3.63) is 48.2 Å². The van der Waals surface area contributed by atoms with Gasteiger partial charge in [-0.2, -0.15) is 5.10 Å². The number of nitrogens with two attached hydrogens (primary N) is 1. The Hall–Kier alpha value is -3.16. The van der Waals surface area contributed by atoms with Crippen molar-refractivity contribution in [1.29, 1.82) is 0 Å². The number of primary amides is 1. The van der Waals surface area contributed by atoms with Crippen LogP contribution in [0.15, 0.2) is 42.6 Å². The normalized spacial score (nSPS) is 20.1. The van der Waals surface area contributed by atoms with Crippen LogP contribution in [0, 0.1) is 5.92 Å². The smallest absolute Gasteiger partial charge is 0.251 e. The van der Waals surface area contributed by atoms with Crippen molar-refractivity contribution in [3.8, 4) is 0 Å². The zero-order chi connectivity index (χ0) is 20.9. The fraction of sp³-hybridized carbons (Fsp3) is 0.455. The van der Waals surface area contributed by atoms with E-state index in [-0.39, 0.29) is 23.8 Å². The van der Waals surface area contributed by atoms with Gasteiger partial charge in [-0.3, -0.25) is 9.59 Å². The van der Waals surface area contributed by atoms with Gasteiger partial charge in [-0.25, -0.2) is 0 Å². The van der Waals surface area contributed by atoms with Gasteiger partial charge in [0.1, 0.15) is 0 Å². The number of nitrogens with zero attached hydrogens (tertiary/aromatic N) is 4. The van der Waals surface area contributed by atoms with Gasteiger partial charge < -0.3 is 20.9 Å². The molecule has 1 atom stereocenters. The van der Waals surface area contributed by atoms with Crippen molar-refractivity contribution in [3.63, 3.8) is 0 Å². The monoisotopic (exact) mass is 408 g/mol. The number of benzene rings is 1. The molecule has 8 heteroatoms. The molecule has 2 aliphatic heterocycles. The molecule has 3 heterocycles. The second-order valence-corrected chi connectivity index (χ2v) is 8.05. The lowest BCUT2D eigenvalue weighted by atomic mass is 9.97. The Morgan fingerprint density at radius 2 is 1.77 bits per heavy atom. The first-order valence-electron chi connectivity index (χ1n) is 10.6. The van der Waals surface area contributed by atoms with Crippen LogP contribution in [0.5, 0.6) is 0 Å². The van der Waals surface area contributed by atoms with Gasteiger partial charge in [0, 0.05) is 49.7 Å². The number of carbonyl (C=O) groups excluding carboxylic acids is 2. The second-order valence-electron chi connectivity index (χ2n) is 8.05. The molecule has 2 amide bonds. The number of anilines is 2. The van der Waals surface area contributed by atoms with Crippen LogP contribution >= 0.6 is 0 Å². The highest BCUT2D eigenvalue weighted by molar-refractivity contribution is 5.94. The second kappa shape index (κ2) is 9.11. The Morgan fingerprint density at radius 3 is 2.43 bits per heavy atom. The lowest BCUT2D eigenvalue weighted by molar-refractivity contribution is -0.122. The molecule has 30 heavy (non-hydrogen) atoms. The van der Waals surface area contributed by atoms with E-state index >= 15 is 0 Å². The number of nitrogens with one attached hydrogen (secondary N) is 1. The van der Waals surface area contributed by atoms with Crippen molar-refractivity contribution < 1.29 is 9.59 Å². The molecule has 1 aromatic carbocycles. The number of rotatable bonds is 5. The Balaban J connectivity index is 1.30. The largest absolute Gasteiger partial charge is 0.371 e. The maximum Gasteiger partial charge on any atom is 0.251 e. The Kier molecular flexibility index (Phi) is 6.11. The van der Waals surface area contributed by atoms with Crippen LogP contribution in [0.25, 0.3) is 0 Å². The van der Waals surface area contributed by atoms with Gasteiger partial charge in [-0.05, 0) is 62.1 Å². The van der Waals surface area contributed by atoms with Crippen LogP contribution in [0.1, 0.15) is 36.0 Å². The van der Waals surface area contributed by atoms with Crippen LogP contribution in [-0.2, 0) is 4.79 Å². The number of amides is 2. The fourth-order valence-electron chi connectivity index (χ4n) is 4.25. The molecular formula is C22H28N6O2. The van der Waals surface area contributed by atoms with Crippen molar-refractivity contribution in [2.24, 2.45) is 11.7 Å². The Labute approximate surface area is 176 Å². The summed E-state index contributed by atoms with van der Waals surface area (Å²) in [5, 5.41) is 11.2. The van der Waals surface area contributed by atoms with Gasteiger partial charge in [0.2, 0.25) is 5.91 Å². The predicted octanol–water partition coefficient (Wildman–Crippen LogP) is 1.58. The molecule has 0 saturated carbocycles. The molecule has 0 bridgehead atoms. The SMILES string of the molecule is NC(=O)C1CCCN(c2ccc(C(=O)NC3CCN(c4cccnn4)CC3)cc2)C1. The van der Waals surface area contributed by atoms with E-state index in [1.165, 1.54) is 0 Å². The van der Waals surface area contributed by atoms with E-state index in [1.807, 2.05) is 36.4 Å². The van der Waals surface area contributed by atoms with Gasteiger partial charge in [0.25, 0.3) is 5.91 Å². The maximum absolute atomic E-state index is 12.7. The first-order valence-corrected chi connectivity index (χ1v) is 10.6. The van der Waals surface area contributed by atoms with E-state index in [0.717, 1.165) is 56.8 Å². The molecule has 1 aromatic heterocycles. The number of piperidine rings is 2. The highest BCUT2D eigenvalue weighted by Crippen LogP contribution is 2.24. The Bertz CT molecular complexity index is 865. The summed E-state index contributed by atoms with van der Waals surface area (Å²) in [7, 11) is 0. The average molecular weight is 409 g/mol. The van der Waals surface area contributed by atoms with E-state index in [1.54, 1.807) is 6.20 Å². The van der Waals surface area contributed by atoms with Crippen LogP contribution in [-0.4, -0.2) is 54.2 Å². The molecule has 8 nitrogen and oxygen atoms in total. The van der Waals surface area contributed by atoms with Crippen molar-refractivity contribution in [2.75, 3.05) is 36.0 Å². The lowest BCUT2D eigenvalue weighted by Crippen LogP contribution is -2.45. The van der Waals surface area contributed by atoms with Gasteiger partial charge >= 0.3 is 0 Å². The van der Waals surface area contributed by atoms with E-state index in [0.29, 0.717) is 12.1 Å². The van der Waals surface area contributed by atoms with E-state index in [4.69, 9.17) is 5.73 Å². The molecule has 3 N–H and O–H groups in total. The van der Waals surface area contributed by atoms with Crippen molar-refractivity contribution in [1.82, 2.24) is 15.5 Å². The summed E-state index contributed by atoms with van der Waals surface area (Å²) in [6, 6.07) is 11.6. The van der Waals surface area contributed by atoms with E-state index in [9.17, 15) is 9.59 Å². The molecule has 2 aliphatic rings. The maximum atomic E-state index is 12.7. The number of hydrogen-bond acceptors (Lipinski definition) is 6. The number of carbonyl (C=O) groups is 2. The minimum atomic E-state index is -0.235. The third kappa shape index (κ3) is 4.69. The summed E-state index contributed by atoms with van der Waals surface area (Å²) in [5.74, 6) is 0.498. The summed E-state index contributed by atoms with van der Waals surface area (Å²) in [5.41, 5.74) is 7.15. The van der Waals surface area contributed by atoms with Gasteiger partial charge in [-0.15, -0.1) is 5.10 Å². The summed E-state index contributed by atoms with van der Waals surface area (Å²) in [6.45, 7) is 3.24. The first kappa shape index (κ1) is 20.1. The molecule has 0 radical (unpaired) electrons. The zero-order valence-corrected chi connectivity index (χ0v) is 17.0. The molecule has 1 unspecified atom stereocenters. The topological polar surface area (TPSA) is 104 Å². The molecule has 0 spiro atoms. The number of hydrogen-bond donors (Lipinski definition) is 2. The molecule has 2 fully saturated rings. The van der Waals surface area contributed by atoms with Gasteiger partial charge in [0.05, 0.1) is 5.92 Å². The number of aromatic nitrogens is 2. The van der Waals surface area contributed by atoms with E-state index < -0.39 is 0 Å². The molecule has 4 rings (SSSR count). The third-order valence-electron chi connectivity index (χ3n) is 6.03. The average Bonchev–Trinajstić information content (AvgIpc) is 2.80. The van der Waals surface area contributed by atoms with Gasteiger partial charge in [-0.1, -0.05) is 0 Å². The lowest BCUT2D eigenvalue weighted by Gasteiger charge is -2.33. The fourth-order valence-corrected chi connectivity index (χ4v) is 4.25. The molecule has 2 aromatic rings. The standard InChI is InChI=1S/C22H28N6O2/c23-21(29)17-3-2-12-28(15-17)19-7-5-16(6-8-19)22(30)25-18-9-13-27(14-10-18)20-4-1-11-24-26-20/h1,4-8,11,17-18H,2-3,9-10,12-15H2,(H2,23,29)(H,25,30). The highest BCUT2D eigenvalue weighted by Gasteiger charge is 2.25. The van der Waals surface area contributed by atoms with Crippen LogP contribution < -0.4 is 20.9 Å². The van der Waals surface area contributed by atoms with Crippen LogP contribution in [0.4, 0.5) is 11.5 Å².